The molecular formula is C27H29FO5. The Morgan fingerprint density at radius 2 is 1.15 bits per heavy atom. The van der Waals surface area contributed by atoms with Gasteiger partial charge < -0.3 is 24.1 Å². The van der Waals surface area contributed by atoms with Crippen LogP contribution in [-0.4, -0.2) is 42.5 Å². The molecule has 174 valence electrons. The minimum absolute atomic E-state index is 0.178. The Balaban J connectivity index is 1.40. The molecule has 0 unspecified atom stereocenters. The second-order valence-corrected chi connectivity index (χ2v) is 8.03. The molecule has 1 heterocycles. The number of aliphatic hydroxyl groups excluding tert-OH is 1. The molecule has 1 N–H and O–H groups in total. The predicted molar refractivity (Wildman–Crippen MR) is 122 cm³/mol. The first-order valence-corrected chi connectivity index (χ1v) is 11.1. The Bertz CT molecular complexity index is 941. The first-order valence-electron chi connectivity index (χ1n) is 11.1. The summed E-state index contributed by atoms with van der Waals surface area (Å²) in [5, 5.41) is 10.5. The van der Waals surface area contributed by atoms with Crippen LogP contribution in [0.3, 0.4) is 0 Å². The van der Waals surface area contributed by atoms with Crippen molar-refractivity contribution in [1.82, 2.24) is 0 Å². The maximum Gasteiger partial charge on any atom is 0.184 e. The Kier molecular flexibility index (Phi) is 8.58. The number of aliphatic hydroxyl groups is 1. The van der Waals surface area contributed by atoms with Crippen LogP contribution in [0.5, 0.6) is 0 Å². The zero-order chi connectivity index (χ0) is 22.9. The van der Waals surface area contributed by atoms with Crippen molar-refractivity contribution >= 4 is 0 Å². The molecule has 3 aromatic carbocycles. The summed E-state index contributed by atoms with van der Waals surface area (Å²) in [6.07, 6.45) is -5.42. The molecule has 3 aromatic rings. The molecule has 1 saturated heterocycles. The number of alkyl halides is 1. The van der Waals surface area contributed by atoms with Crippen molar-refractivity contribution < 1.29 is 28.4 Å². The van der Waals surface area contributed by atoms with Crippen molar-refractivity contribution in [2.45, 2.75) is 50.6 Å². The molecule has 5 nitrogen and oxygen atoms in total. The van der Waals surface area contributed by atoms with Crippen molar-refractivity contribution in [1.29, 1.82) is 0 Å². The number of ether oxygens (including phenoxy) is 4. The minimum atomic E-state index is -1.49. The summed E-state index contributed by atoms with van der Waals surface area (Å²) >= 11 is 0. The number of hydrogen-bond acceptors (Lipinski definition) is 5. The second-order valence-electron chi connectivity index (χ2n) is 8.03. The summed E-state index contributed by atoms with van der Waals surface area (Å²) in [6.45, 7) is 0.620. The van der Waals surface area contributed by atoms with E-state index in [0.717, 1.165) is 16.7 Å². The first-order chi connectivity index (χ1) is 16.2. The van der Waals surface area contributed by atoms with Crippen LogP contribution in [-0.2, 0) is 38.8 Å². The van der Waals surface area contributed by atoms with Gasteiger partial charge in [-0.05, 0) is 16.7 Å². The van der Waals surface area contributed by atoms with Gasteiger partial charge in [-0.1, -0.05) is 91.0 Å². The molecule has 6 heteroatoms. The molecule has 0 amide bonds. The van der Waals surface area contributed by atoms with Gasteiger partial charge in [-0.3, -0.25) is 0 Å². The molecular weight excluding hydrogens is 423 g/mol. The van der Waals surface area contributed by atoms with Gasteiger partial charge >= 0.3 is 0 Å². The number of hydrogen-bond donors (Lipinski definition) is 1. The fourth-order valence-electron chi connectivity index (χ4n) is 3.81. The molecule has 0 aliphatic carbocycles. The van der Waals surface area contributed by atoms with E-state index >= 15 is 4.39 Å². The van der Waals surface area contributed by atoms with E-state index in [0.29, 0.717) is 6.61 Å². The van der Waals surface area contributed by atoms with E-state index < -0.39 is 30.8 Å². The van der Waals surface area contributed by atoms with Crippen LogP contribution in [0, 0.1) is 0 Å². The highest BCUT2D eigenvalue weighted by Gasteiger charge is 2.49. The SMILES string of the molecule is O[C@H]1O[C@@H]([C@@H](F)COCc2ccccc2)[C@H](OCc2ccccc2)[C@H]1OCc1ccccc1. The minimum Gasteiger partial charge on any atom is -0.374 e. The Morgan fingerprint density at radius 1 is 0.697 bits per heavy atom. The van der Waals surface area contributed by atoms with E-state index in [1.54, 1.807) is 0 Å². The monoisotopic (exact) mass is 452 g/mol. The molecule has 5 atom stereocenters. The van der Waals surface area contributed by atoms with Crippen LogP contribution in [0.1, 0.15) is 16.7 Å². The van der Waals surface area contributed by atoms with Gasteiger partial charge in [0, 0.05) is 0 Å². The van der Waals surface area contributed by atoms with Gasteiger partial charge in [0.2, 0.25) is 0 Å². The fourth-order valence-corrected chi connectivity index (χ4v) is 3.81. The van der Waals surface area contributed by atoms with Gasteiger partial charge in [-0.15, -0.1) is 0 Å². The molecule has 33 heavy (non-hydrogen) atoms. The van der Waals surface area contributed by atoms with Crippen molar-refractivity contribution in [3.63, 3.8) is 0 Å². The Hall–Kier alpha value is -2.61. The first kappa shape index (κ1) is 23.5. The topological polar surface area (TPSA) is 57.2 Å². The quantitative estimate of drug-likeness (QED) is 0.467. The highest BCUT2D eigenvalue weighted by Crippen LogP contribution is 2.30. The molecule has 1 aliphatic rings. The van der Waals surface area contributed by atoms with E-state index in [-0.39, 0.29) is 19.8 Å². The smallest absolute Gasteiger partial charge is 0.184 e. The lowest BCUT2D eigenvalue weighted by Gasteiger charge is -2.25. The van der Waals surface area contributed by atoms with E-state index in [9.17, 15) is 5.11 Å². The number of rotatable bonds is 11. The average molecular weight is 453 g/mol. The van der Waals surface area contributed by atoms with Gasteiger partial charge in [-0.2, -0.15) is 0 Å². The summed E-state index contributed by atoms with van der Waals surface area (Å²) in [6, 6.07) is 28.8. The van der Waals surface area contributed by atoms with Crippen LogP contribution >= 0.6 is 0 Å². The molecule has 0 aromatic heterocycles. The third kappa shape index (κ3) is 6.69. The van der Waals surface area contributed by atoms with Crippen LogP contribution in [0.15, 0.2) is 91.0 Å². The van der Waals surface area contributed by atoms with Crippen LogP contribution in [0.25, 0.3) is 0 Å². The standard InChI is InChI=1S/C27H29FO5/c28-23(19-30-16-20-10-4-1-5-11-20)24-25(31-17-21-12-6-2-7-13-21)26(27(29)33-24)32-18-22-14-8-3-9-15-22/h1-15,23-27,29H,16-19H2/t23-,24-,25-,26+,27-/m0/s1. The van der Waals surface area contributed by atoms with Gasteiger partial charge in [0.1, 0.15) is 18.3 Å². The summed E-state index contributed by atoms with van der Waals surface area (Å²) < 4.78 is 38.4. The molecule has 1 aliphatic heterocycles. The van der Waals surface area contributed by atoms with Crippen LogP contribution in [0.4, 0.5) is 4.39 Å². The van der Waals surface area contributed by atoms with E-state index in [2.05, 4.69) is 0 Å². The third-order valence-corrected chi connectivity index (χ3v) is 5.54. The second kappa shape index (κ2) is 12.0. The van der Waals surface area contributed by atoms with Crippen molar-refractivity contribution in [2.75, 3.05) is 6.61 Å². The molecule has 0 saturated carbocycles. The van der Waals surface area contributed by atoms with Gasteiger partial charge in [0.15, 0.2) is 12.5 Å². The summed E-state index contributed by atoms with van der Waals surface area (Å²) in [7, 11) is 0. The number of halogens is 1. The van der Waals surface area contributed by atoms with Crippen molar-refractivity contribution in [2.24, 2.45) is 0 Å². The lowest BCUT2D eigenvalue weighted by Crippen LogP contribution is -2.42. The lowest BCUT2D eigenvalue weighted by molar-refractivity contribution is -0.156. The lowest BCUT2D eigenvalue weighted by atomic mass is 10.1. The normalized spacial score (nSPS) is 23.5. The molecule has 0 radical (unpaired) electrons. The zero-order valence-electron chi connectivity index (χ0n) is 18.3. The van der Waals surface area contributed by atoms with E-state index in [1.165, 1.54) is 0 Å². The largest absolute Gasteiger partial charge is 0.374 e. The average Bonchev–Trinajstić information content (AvgIpc) is 3.18. The number of benzene rings is 3. The fraction of sp³-hybridized carbons (Fsp3) is 0.333. The van der Waals surface area contributed by atoms with Crippen LogP contribution < -0.4 is 0 Å². The van der Waals surface area contributed by atoms with Gasteiger partial charge in [0.25, 0.3) is 0 Å². The summed E-state index contributed by atoms with van der Waals surface area (Å²) in [5.41, 5.74) is 2.84. The zero-order valence-corrected chi connectivity index (χ0v) is 18.3. The Morgan fingerprint density at radius 3 is 1.67 bits per heavy atom. The summed E-state index contributed by atoms with van der Waals surface area (Å²) in [4.78, 5) is 0. The molecule has 0 spiro atoms. The highest BCUT2D eigenvalue weighted by molar-refractivity contribution is 5.15. The van der Waals surface area contributed by atoms with Crippen LogP contribution in [0.2, 0.25) is 0 Å². The molecule has 1 fully saturated rings. The molecule has 4 rings (SSSR count). The van der Waals surface area contributed by atoms with Crippen molar-refractivity contribution in [3.05, 3.63) is 108 Å². The third-order valence-electron chi connectivity index (χ3n) is 5.54. The van der Waals surface area contributed by atoms with Gasteiger partial charge in [0.05, 0.1) is 26.4 Å². The van der Waals surface area contributed by atoms with Crippen molar-refractivity contribution in [3.8, 4) is 0 Å². The maximum absolute atomic E-state index is 15.2. The molecule has 0 bridgehead atoms. The van der Waals surface area contributed by atoms with Gasteiger partial charge in [-0.25, -0.2) is 4.39 Å². The van der Waals surface area contributed by atoms with E-state index in [4.69, 9.17) is 18.9 Å². The predicted octanol–water partition coefficient (Wildman–Crippen LogP) is 4.43. The van der Waals surface area contributed by atoms with E-state index in [1.807, 2.05) is 91.0 Å². The summed E-state index contributed by atoms with van der Waals surface area (Å²) in [5.74, 6) is 0. The maximum atomic E-state index is 15.2. The highest BCUT2D eigenvalue weighted by atomic mass is 19.1. The Labute approximate surface area is 193 Å².